The van der Waals surface area contributed by atoms with Gasteiger partial charge in [-0.15, -0.1) is 0 Å². The predicted octanol–water partition coefficient (Wildman–Crippen LogP) is 8.80. The van der Waals surface area contributed by atoms with E-state index in [9.17, 15) is 0 Å². The van der Waals surface area contributed by atoms with E-state index in [1.54, 1.807) is 14.2 Å². The van der Waals surface area contributed by atoms with Crippen molar-refractivity contribution in [3.05, 3.63) is 42.0 Å². The van der Waals surface area contributed by atoms with E-state index in [1.807, 2.05) is 24.3 Å². The molecule has 0 N–H and O–H groups in total. The summed E-state index contributed by atoms with van der Waals surface area (Å²) in [5.74, 6) is 1.38. The first-order chi connectivity index (χ1) is 18.9. The molecule has 0 spiro atoms. The molecule has 0 fully saturated rings. The number of methoxy groups -OCH3 is 2. The Hall–Kier alpha value is -1.43. The standard InChI is InChI=1S/C31H56O6Si2/c1-9-38(10-2,11-3)36-25-29(37-39(12-4,13-5)14-6)21-19-17-15-16-18-20-28-22-30(34-26-32-7)24-31(23-28)35-27-33-8/h15-16,18,20,22-24,29H,9-14,17,19,21,25-27H2,1-8H3/b16-15+,20-18+/t29-/m0/s1. The lowest BCUT2D eigenvalue weighted by Gasteiger charge is -2.36. The Kier molecular flexibility index (Phi) is 18.7. The number of ether oxygens (including phenoxy) is 4. The van der Waals surface area contributed by atoms with Crippen LogP contribution < -0.4 is 9.47 Å². The van der Waals surface area contributed by atoms with Gasteiger partial charge in [-0.2, -0.15) is 0 Å². The molecule has 0 saturated heterocycles. The second kappa shape index (κ2) is 20.5. The largest absolute Gasteiger partial charge is 0.467 e. The summed E-state index contributed by atoms with van der Waals surface area (Å²) in [5, 5.41) is 0. The smallest absolute Gasteiger partial charge is 0.192 e. The summed E-state index contributed by atoms with van der Waals surface area (Å²) in [7, 11) is -0.106. The van der Waals surface area contributed by atoms with E-state index in [4.69, 9.17) is 27.8 Å². The molecular weight excluding hydrogens is 525 g/mol. The summed E-state index contributed by atoms with van der Waals surface area (Å²) >= 11 is 0. The molecule has 39 heavy (non-hydrogen) atoms. The van der Waals surface area contributed by atoms with Crippen molar-refractivity contribution < 1.29 is 27.8 Å². The Morgan fingerprint density at radius 1 is 0.718 bits per heavy atom. The second-order valence-corrected chi connectivity index (χ2v) is 19.6. The molecule has 1 aromatic rings. The van der Waals surface area contributed by atoms with Gasteiger partial charge in [0.05, 0.1) is 12.7 Å². The molecule has 0 aliphatic rings. The van der Waals surface area contributed by atoms with Crippen molar-refractivity contribution in [1.29, 1.82) is 0 Å². The molecule has 8 heteroatoms. The molecule has 0 bridgehead atoms. The molecule has 6 nitrogen and oxygen atoms in total. The third kappa shape index (κ3) is 13.2. The van der Waals surface area contributed by atoms with Gasteiger partial charge in [0.15, 0.2) is 30.2 Å². The monoisotopic (exact) mass is 580 g/mol. The van der Waals surface area contributed by atoms with Gasteiger partial charge in [-0.1, -0.05) is 65.8 Å². The van der Waals surface area contributed by atoms with Gasteiger partial charge in [0.1, 0.15) is 11.5 Å². The van der Waals surface area contributed by atoms with Crippen LogP contribution in [0.25, 0.3) is 6.08 Å². The zero-order valence-electron chi connectivity index (χ0n) is 26.1. The maximum atomic E-state index is 6.93. The van der Waals surface area contributed by atoms with E-state index in [2.05, 4.69) is 59.8 Å². The van der Waals surface area contributed by atoms with Crippen molar-refractivity contribution in [2.45, 2.75) is 103 Å². The number of rotatable bonds is 23. The van der Waals surface area contributed by atoms with Crippen LogP contribution in [0.1, 0.15) is 66.4 Å². The Morgan fingerprint density at radius 3 is 1.74 bits per heavy atom. The Labute approximate surface area is 241 Å². The van der Waals surface area contributed by atoms with Gasteiger partial charge < -0.3 is 27.8 Å². The molecule has 0 aliphatic carbocycles. The van der Waals surface area contributed by atoms with Crippen LogP contribution in [0, 0.1) is 0 Å². The first-order valence-electron chi connectivity index (χ1n) is 14.9. The van der Waals surface area contributed by atoms with Gasteiger partial charge in [-0.05, 0) is 73.2 Å². The van der Waals surface area contributed by atoms with Crippen molar-refractivity contribution in [2.75, 3.05) is 34.4 Å². The van der Waals surface area contributed by atoms with Crippen LogP contribution in [0.4, 0.5) is 0 Å². The highest BCUT2D eigenvalue weighted by Gasteiger charge is 2.34. The molecule has 0 amide bonds. The first kappa shape index (κ1) is 35.6. The molecule has 0 unspecified atom stereocenters. The fourth-order valence-electron chi connectivity index (χ4n) is 4.77. The van der Waals surface area contributed by atoms with Gasteiger partial charge in [-0.25, -0.2) is 0 Å². The fraction of sp³-hybridized carbons (Fsp3) is 0.677. The van der Waals surface area contributed by atoms with Crippen molar-refractivity contribution in [2.24, 2.45) is 0 Å². The van der Waals surface area contributed by atoms with Gasteiger partial charge in [0, 0.05) is 20.3 Å². The summed E-state index contributed by atoms with van der Waals surface area (Å²) < 4.78 is 34.9. The van der Waals surface area contributed by atoms with E-state index in [1.165, 1.54) is 36.3 Å². The molecule has 1 rings (SSSR count). The van der Waals surface area contributed by atoms with E-state index in [0.717, 1.165) is 31.4 Å². The minimum Gasteiger partial charge on any atom is -0.467 e. The quantitative estimate of drug-likeness (QED) is 0.0558. The summed E-state index contributed by atoms with van der Waals surface area (Å²) in [5.41, 5.74) is 0.986. The van der Waals surface area contributed by atoms with Crippen LogP contribution in [0.3, 0.4) is 0 Å². The van der Waals surface area contributed by atoms with Gasteiger partial charge in [0.25, 0.3) is 0 Å². The first-order valence-corrected chi connectivity index (χ1v) is 20.0. The zero-order valence-corrected chi connectivity index (χ0v) is 28.1. The Bertz CT molecular complexity index is 779. The lowest BCUT2D eigenvalue weighted by molar-refractivity contribution is 0.0460. The second-order valence-electron chi connectivity index (χ2n) is 10.1. The van der Waals surface area contributed by atoms with E-state index in [0.29, 0.717) is 11.5 Å². The maximum absolute atomic E-state index is 6.93. The van der Waals surface area contributed by atoms with E-state index < -0.39 is 16.6 Å². The highest BCUT2D eigenvalue weighted by molar-refractivity contribution is 6.74. The van der Waals surface area contributed by atoms with Crippen molar-refractivity contribution in [3.63, 3.8) is 0 Å². The van der Waals surface area contributed by atoms with Gasteiger partial charge in [0.2, 0.25) is 0 Å². The predicted molar refractivity (Wildman–Crippen MR) is 169 cm³/mol. The lowest BCUT2D eigenvalue weighted by Crippen LogP contribution is -2.44. The third-order valence-corrected chi connectivity index (χ3v) is 17.2. The molecule has 0 saturated carbocycles. The maximum Gasteiger partial charge on any atom is 0.192 e. The Balaban J connectivity index is 2.77. The molecular formula is C31H56O6Si2. The number of unbranched alkanes of at least 4 members (excludes halogenated alkanes) is 1. The third-order valence-electron chi connectivity index (χ3n) is 7.88. The molecule has 0 aliphatic heterocycles. The summed E-state index contributed by atoms with van der Waals surface area (Å²) in [6, 6.07) is 12.8. The van der Waals surface area contributed by atoms with Crippen LogP contribution in [0.15, 0.2) is 36.4 Å². The minimum atomic E-state index is -1.68. The number of allylic oxidation sites excluding steroid dienone is 3. The van der Waals surface area contributed by atoms with Crippen LogP contribution >= 0.6 is 0 Å². The zero-order chi connectivity index (χ0) is 29.0. The normalized spacial score (nSPS) is 13.4. The fourth-order valence-corrected chi connectivity index (χ4v) is 10.3. The molecule has 1 atom stereocenters. The van der Waals surface area contributed by atoms with Crippen molar-refractivity contribution in [3.8, 4) is 11.5 Å². The lowest BCUT2D eigenvalue weighted by atomic mass is 10.1. The summed E-state index contributed by atoms with van der Waals surface area (Å²) in [4.78, 5) is 0. The van der Waals surface area contributed by atoms with E-state index >= 15 is 0 Å². The number of hydrogen-bond acceptors (Lipinski definition) is 6. The molecule has 224 valence electrons. The average molecular weight is 581 g/mol. The minimum absolute atomic E-state index is 0.184. The topological polar surface area (TPSA) is 55.4 Å². The van der Waals surface area contributed by atoms with Crippen molar-refractivity contribution in [1.82, 2.24) is 0 Å². The van der Waals surface area contributed by atoms with Crippen LogP contribution in [0.2, 0.25) is 36.3 Å². The highest BCUT2D eigenvalue weighted by Crippen LogP contribution is 2.28. The summed E-state index contributed by atoms with van der Waals surface area (Å²) in [6.07, 6.45) is 11.8. The van der Waals surface area contributed by atoms with Crippen LogP contribution in [-0.4, -0.2) is 57.2 Å². The van der Waals surface area contributed by atoms with Gasteiger partial charge >= 0.3 is 0 Å². The average Bonchev–Trinajstić information content (AvgIpc) is 2.97. The highest BCUT2D eigenvalue weighted by atomic mass is 28.4. The summed E-state index contributed by atoms with van der Waals surface area (Å²) in [6.45, 7) is 14.9. The van der Waals surface area contributed by atoms with E-state index in [-0.39, 0.29) is 19.7 Å². The Morgan fingerprint density at radius 2 is 1.26 bits per heavy atom. The SMILES string of the molecule is CC[Si](CC)(CC)OC[C@H](CCC/C=C/C=C/c1cc(OCOC)cc(OCOC)c1)O[Si](CC)(CC)CC. The van der Waals surface area contributed by atoms with Gasteiger partial charge in [-0.3, -0.25) is 0 Å². The van der Waals surface area contributed by atoms with Crippen molar-refractivity contribution >= 4 is 22.7 Å². The number of benzene rings is 1. The van der Waals surface area contributed by atoms with Crippen LogP contribution in [-0.2, 0) is 18.3 Å². The molecule has 1 aromatic carbocycles. The number of hydrogen-bond donors (Lipinski definition) is 0. The van der Waals surface area contributed by atoms with Crippen LogP contribution in [0.5, 0.6) is 11.5 Å². The molecule has 0 aromatic heterocycles. The molecule has 0 radical (unpaired) electrons. The molecule has 0 heterocycles.